The molecule has 0 atom stereocenters. The van der Waals surface area contributed by atoms with Crippen LogP contribution in [0.1, 0.15) is 18.4 Å². The zero-order chi connectivity index (χ0) is 19.7. The first-order valence-corrected chi connectivity index (χ1v) is 10.7. The van der Waals surface area contributed by atoms with Crippen molar-refractivity contribution in [2.75, 3.05) is 30.8 Å². The molecule has 0 aliphatic rings. The van der Waals surface area contributed by atoms with Crippen molar-refractivity contribution in [1.82, 2.24) is 5.32 Å². The van der Waals surface area contributed by atoms with Gasteiger partial charge in [-0.15, -0.1) is 0 Å². The van der Waals surface area contributed by atoms with Gasteiger partial charge in [0.25, 0.3) is 0 Å². The van der Waals surface area contributed by atoms with Crippen LogP contribution in [0, 0.1) is 0 Å². The van der Waals surface area contributed by atoms with E-state index in [0.29, 0.717) is 18.7 Å². The molecule has 6 nitrogen and oxygen atoms in total. The van der Waals surface area contributed by atoms with Crippen LogP contribution in [-0.2, 0) is 21.2 Å². The number of hydrogen-bond donors (Lipinski definition) is 1. The fourth-order valence-corrected chi connectivity index (χ4v) is 3.66. The summed E-state index contributed by atoms with van der Waals surface area (Å²) in [5.41, 5.74) is 1.73. The third-order valence-electron chi connectivity index (χ3n) is 4.10. The summed E-state index contributed by atoms with van der Waals surface area (Å²) >= 11 is 0. The highest BCUT2D eigenvalue weighted by atomic mass is 32.2. The van der Waals surface area contributed by atoms with Crippen molar-refractivity contribution in [2.45, 2.75) is 19.3 Å². The van der Waals surface area contributed by atoms with Crippen LogP contribution in [0.25, 0.3) is 0 Å². The van der Waals surface area contributed by atoms with Gasteiger partial charge in [-0.25, -0.2) is 8.42 Å². The maximum absolute atomic E-state index is 12.0. The number of nitrogens with one attached hydrogen (secondary N) is 1. The molecule has 146 valence electrons. The Morgan fingerprint density at radius 1 is 1.07 bits per heavy atom. The van der Waals surface area contributed by atoms with Gasteiger partial charge in [-0.1, -0.05) is 30.3 Å². The Kier molecular flexibility index (Phi) is 7.67. The van der Waals surface area contributed by atoms with Crippen molar-refractivity contribution in [3.8, 4) is 5.75 Å². The number of hydrogen-bond acceptors (Lipinski definition) is 4. The standard InChI is InChI=1S/C20H26N2O4S/c1-26-19-12-10-17(11-13-19)14-15-21-20(23)9-6-16-22(27(2,24)25)18-7-4-3-5-8-18/h3-5,7-8,10-13H,6,9,14-16H2,1-2H3,(H,21,23). The second-order valence-electron chi connectivity index (χ2n) is 6.22. The van der Waals surface area contributed by atoms with E-state index >= 15 is 0 Å². The minimum atomic E-state index is -3.38. The van der Waals surface area contributed by atoms with Crippen LogP contribution in [-0.4, -0.2) is 40.8 Å². The normalized spacial score (nSPS) is 11.0. The Morgan fingerprint density at radius 3 is 2.33 bits per heavy atom. The molecule has 2 rings (SSSR count). The number of carbonyl (C=O) groups excluding carboxylic acids is 1. The first-order chi connectivity index (χ1) is 12.9. The summed E-state index contributed by atoms with van der Waals surface area (Å²) in [5, 5.41) is 2.87. The Bertz CT molecular complexity index is 821. The monoisotopic (exact) mass is 390 g/mol. The van der Waals surface area contributed by atoms with Crippen LogP contribution >= 0.6 is 0 Å². The van der Waals surface area contributed by atoms with Gasteiger partial charge in [0.2, 0.25) is 15.9 Å². The quantitative estimate of drug-likeness (QED) is 0.677. The summed E-state index contributed by atoms with van der Waals surface area (Å²) in [5.74, 6) is 0.724. The van der Waals surface area contributed by atoms with E-state index in [2.05, 4.69) is 5.32 Å². The fourth-order valence-electron chi connectivity index (χ4n) is 2.69. The van der Waals surface area contributed by atoms with Gasteiger partial charge in [0.1, 0.15) is 5.75 Å². The molecule has 7 heteroatoms. The van der Waals surface area contributed by atoms with Crippen molar-refractivity contribution >= 4 is 21.6 Å². The summed E-state index contributed by atoms with van der Waals surface area (Å²) in [4.78, 5) is 12.0. The molecule has 2 aromatic rings. The Labute approximate surface area is 161 Å². The minimum Gasteiger partial charge on any atom is -0.497 e. The molecule has 0 saturated carbocycles. The smallest absolute Gasteiger partial charge is 0.232 e. The first-order valence-electron chi connectivity index (χ1n) is 8.82. The highest BCUT2D eigenvalue weighted by molar-refractivity contribution is 7.92. The van der Waals surface area contributed by atoms with E-state index < -0.39 is 10.0 Å². The van der Waals surface area contributed by atoms with Crippen molar-refractivity contribution in [2.24, 2.45) is 0 Å². The lowest BCUT2D eigenvalue weighted by atomic mass is 10.1. The number of para-hydroxylation sites is 1. The molecule has 0 unspecified atom stereocenters. The van der Waals surface area contributed by atoms with E-state index in [4.69, 9.17) is 4.74 Å². The van der Waals surface area contributed by atoms with Crippen LogP contribution in [0.3, 0.4) is 0 Å². The summed E-state index contributed by atoms with van der Waals surface area (Å²) in [6, 6.07) is 16.6. The van der Waals surface area contributed by atoms with E-state index in [0.717, 1.165) is 17.7 Å². The maximum atomic E-state index is 12.0. The topological polar surface area (TPSA) is 75.7 Å². The lowest BCUT2D eigenvalue weighted by Gasteiger charge is -2.22. The zero-order valence-corrected chi connectivity index (χ0v) is 16.5. The second kappa shape index (κ2) is 9.97. The molecule has 2 aromatic carbocycles. The molecule has 0 bridgehead atoms. The highest BCUT2D eigenvalue weighted by Crippen LogP contribution is 2.17. The second-order valence-corrected chi connectivity index (χ2v) is 8.13. The highest BCUT2D eigenvalue weighted by Gasteiger charge is 2.17. The molecule has 0 heterocycles. The van der Waals surface area contributed by atoms with Gasteiger partial charge < -0.3 is 10.1 Å². The molecule has 1 amide bonds. The molecular formula is C20H26N2O4S. The Morgan fingerprint density at radius 2 is 1.74 bits per heavy atom. The molecule has 0 radical (unpaired) electrons. The molecule has 0 saturated heterocycles. The van der Waals surface area contributed by atoms with Crippen molar-refractivity contribution < 1.29 is 17.9 Å². The van der Waals surface area contributed by atoms with E-state index in [1.54, 1.807) is 31.4 Å². The molecule has 0 spiro atoms. The average molecular weight is 391 g/mol. The predicted octanol–water partition coefficient (Wildman–Crippen LogP) is 2.60. The van der Waals surface area contributed by atoms with E-state index in [1.807, 2.05) is 30.3 Å². The SMILES string of the molecule is COc1ccc(CCNC(=O)CCCN(c2ccccc2)S(C)(=O)=O)cc1. The fraction of sp³-hybridized carbons (Fsp3) is 0.350. The summed E-state index contributed by atoms with van der Waals surface area (Å²) in [7, 11) is -1.76. The number of anilines is 1. The number of nitrogens with zero attached hydrogens (tertiary/aromatic N) is 1. The number of rotatable bonds is 10. The third kappa shape index (κ3) is 6.94. The number of amides is 1. The molecule has 0 aliphatic heterocycles. The summed E-state index contributed by atoms with van der Waals surface area (Å²) < 4.78 is 30.4. The lowest BCUT2D eigenvalue weighted by Crippen LogP contribution is -2.32. The van der Waals surface area contributed by atoms with Crippen molar-refractivity contribution in [3.63, 3.8) is 0 Å². The van der Waals surface area contributed by atoms with E-state index in [9.17, 15) is 13.2 Å². The van der Waals surface area contributed by atoms with Gasteiger partial charge in [-0.05, 0) is 42.7 Å². The number of benzene rings is 2. The van der Waals surface area contributed by atoms with Gasteiger partial charge >= 0.3 is 0 Å². The molecule has 0 aliphatic carbocycles. The largest absolute Gasteiger partial charge is 0.497 e. The summed E-state index contributed by atoms with van der Waals surface area (Å²) in [6.07, 6.45) is 2.64. The summed E-state index contributed by atoms with van der Waals surface area (Å²) in [6.45, 7) is 0.814. The average Bonchev–Trinajstić information content (AvgIpc) is 2.65. The molecule has 27 heavy (non-hydrogen) atoms. The maximum Gasteiger partial charge on any atom is 0.232 e. The van der Waals surface area contributed by atoms with Crippen LogP contribution in [0.4, 0.5) is 5.69 Å². The number of ether oxygens (including phenoxy) is 1. The zero-order valence-electron chi connectivity index (χ0n) is 15.7. The van der Waals surface area contributed by atoms with Gasteiger partial charge in [-0.3, -0.25) is 9.10 Å². The number of carbonyl (C=O) groups is 1. The molecule has 0 aromatic heterocycles. The Hall–Kier alpha value is -2.54. The van der Waals surface area contributed by atoms with Crippen molar-refractivity contribution in [3.05, 3.63) is 60.2 Å². The van der Waals surface area contributed by atoms with Crippen LogP contribution in [0.15, 0.2) is 54.6 Å². The first kappa shape index (κ1) is 20.8. The van der Waals surface area contributed by atoms with Crippen LogP contribution in [0.5, 0.6) is 5.75 Å². The van der Waals surface area contributed by atoms with Gasteiger partial charge in [0.15, 0.2) is 0 Å². The molecule has 0 fully saturated rings. The lowest BCUT2D eigenvalue weighted by molar-refractivity contribution is -0.121. The van der Waals surface area contributed by atoms with E-state index in [-0.39, 0.29) is 18.9 Å². The Balaban J connectivity index is 1.75. The van der Waals surface area contributed by atoms with Gasteiger partial charge in [0.05, 0.1) is 19.1 Å². The molecular weight excluding hydrogens is 364 g/mol. The predicted molar refractivity (Wildman–Crippen MR) is 108 cm³/mol. The van der Waals surface area contributed by atoms with Crippen molar-refractivity contribution in [1.29, 1.82) is 0 Å². The van der Waals surface area contributed by atoms with Gasteiger partial charge in [0, 0.05) is 19.5 Å². The van der Waals surface area contributed by atoms with Gasteiger partial charge in [-0.2, -0.15) is 0 Å². The van der Waals surface area contributed by atoms with Crippen LogP contribution < -0.4 is 14.4 Å². The molecule has 1 N–H and O–H groups in total. The minimum absolute atomic E-state index is 0.0787. The third-order valence-corrected chi connectivity index (χ3v) is 5.30. The van der Waals surface area contributed by atoms with E-state index in [1.165, 1.54) is 10.6 Å². The number of sulfonamides is 1. The van der Waals surface area contributed by atoms with Crippen LogP contribution in [0.2, 0.25) is 0 Å². The number of methoxy groups -OCH3 is 1.